The number of thiazole rings is 1. The molecule has 1 aliphatic rings. The van der Waals surface area contributed by atoms with Crippen molar-refractivity contribution in [2.24, 2.45) is 0 Å². The quantitative estimate of drug-likeness (QED) is 0.858. The third-order valence-corrected chi connectivity index (χ3v) is 4.13. The average Bonchev–Trinajstić information content (AvgIpc) is 3.10. The first-order valence-corrected chi connectivity index (χ1v) is 6.93. The summed E-state index contributed by atoms with van der Waals surface area (Å²) in [7, 11) is 3.27. The molecule has 0 atom stereocenters. The number of aromatic nitrogens is 1. The summed E-state index contributed by atoms with van der Waals surface area (Å²) in [6.07, 6.45) is 2.00. The fraction of sp³-hybridized carbons (Fsp3) is 0.583. The molecule has 104 valence electrons. The van der Waals surface area contributed by atoms with Crippen LogP contribution in [0.15, 0.2) is 4.79 Å². The van der Waals surface area contributed by atoms with Gasteiger partial charge < -0.3 is 10.2 Å². The van der Waals surface area contributed by atoms with E-state index in [2.05, 4.69) is 5.32 Å². The Balaban J connectivity index is 2.21. The monoisotopic (exact) mass is 283 g/mol. The van der Waals surface area contributed by atoms with E-state index in [9.17, 15) is 14.4 Å². The molecule has 1 aromatic rings. The number of carbonyl (C=O) groups excluding carboxylic acids is 2. The van der Waals surface area contributed by atoms with Crippen molar-refractivity contribution in [3.05, 3.63) is 20.2 Å². The van der Waals surface area contributed by atoms with Gasteiger partial charge in [-0.25, -0.2) is 0 Å². The van der Waals surface area contributed by atoms with Gasteiger partial charge in [0.05, 0.1) is 0 Å². The summed E-state index contributed by atoms with van der Waals surface area (Å²) in [6, 6.07) is 0.251. The van der Waals surface area contributed by atoms with Crippen molar-refractivity contribution in [1.82, 2.24) is 14.8 Å². The van der Waals surface area contributed by atoms with Crippen LogP contribution < -0.4 is 10.2 Å². The van der Waals surface area contributed by atoms with E-state index < -0.39 is 0 Å². The summed E-state index contributed by atoms with van der Waals surface area (Å²) in [5.41, 5.74) is 0.559. The van der Waals surface area contributed by atoms with Crippen molar-refractivity contribution in [2.75, 3.05) is 14.1 Å². The van der Waals surface area contributed by atoms with Crippen molar-refractivity contribution < 1.29 is 9.59 Å². The zero-order chi connectivity index (χ0) is 14.2. The summed E-state index contributed by atoms with van der Waals surface area (Å²) in [6.45, 7) is 1.67. The molecule has 1 aromatic heterocycles. The lowest BCUT2D eigenvalue weighted by molar-refractivity contribution is -0.129. The van der Waals surface area contributed by atoms with Crippen LogP contribution in [0.25, 0.3) is 0 Å². The van der Waals surface area contributed by atoms with Gasteiger partial charge in [0.15, 0.2) is 0 Å². The molecule has 0 unspecified atom stereocenters. The van der Waals surface area contributed by atoms with E-state index >= 15 is 0 Å². The maximum Gasteiger partial charge on any atom is 0.308 e. The topological polar surface area (TPSA) is 71.4 Å². The van der Waals surface area contributed by atoms with E-state index in [-0.39, 0.29) is 29.3 Å². The number of nitrogens with one attached hydrogen (secondary N) is 1. The molecule has 1 fully saturated rings. The van der Waals surface area contributed by atoms with Crippen LogP contribution in [0.4, 0.5) is 0 Å². The van der Waals surface area contributed by atoms with Gasteiger partial charge in [0.25, 0.3) is 5.91 Å². The Morgan fingerprint density at radius 2 is 2.05 bits per heavy atom. The van der Waals surface area contributed by atoms with Crippen molar-refractivity contribution in [3.8, 4) is 0 Å². The molecule has 0 saturated heterocycles. The lowest BCUT2D eigenvalue weighted by Crippen LogP contribution is -2.30. The summed E-state index contributed by atoms with van der Waals surface area (Å²) < 4.78 is 1.36. The highest BCUT2D eigenvalue weighted by Gasteiger charge is 2.26. The van der Waals surface area contributed by atoms with Crippen molar-refractivity contribution in [3.63, 3.8) is 0 Å². The average molecular weight is 283 g/mol. The van der Waals surface area contributed by atoms with Crippen LogP contribution in [0.1, 0.15) is 28.2 Å². The second-order valence-corrected chi connectivity index (χ2v) is 5.87. The van der Waals surface area contributed by atoms with Gasteiger partial charge in [0, 0.05) is 25.8 Å². The van der Waals surface area contributed by atoms with Crippen LogP contribution in [-0.2, 0) is 11.3 Å². The molecule has 6 nitrogen and oxygen atoms in total. The molecule has 0 aliphatic heterocycles. The molecule has 0 bridgehead atoms. The Bertz CT molecular complexity index is 569. The molecule has 2 amide bonds. The number of nitrogens with zero attached hydrogens (tertiary/aromatic N) is 2. The molecular formula is C12H17N3O3S. The van der Waals surface area contributed by atoms with Crippen LogP contribution in [0.5, 0.6) is 0 Å². The normalized spacial score (nSPS) is 14.3. The molecule has 1 aliphatic carbocycles. The van der Waals surface area contributed by atoms with E-state index in [1.807, 2.05) is 0 Å². The number of carbonyl (C=O) groups is 2. The third kappa shape index (κ3) is 3.04. The summed E-state index contributed by atoms with van der Waals surface area (Å²) in [5, 5.41) is 2.85. The molecule has 1 N–H and O–H groups in total. The lowest BCUT2D eigenvalue weighted by Gasteiger charge is -2.11. The van der Waals surface area contributed by atoms with Crippen molar-refractivity contribution in [1.29, 1.82) is 0 Å². The molecule has 0 aromatic carbocycles. The molecule has 7 heteroatoms. The molecular weight excluding hydrogens is 266 g/mol. The van der Waals surface area contributed by atoms with Gasteiger partial charge in [-0.1, -0.05) is 11.3 Å². The number of amides is 2. The van der Waals surface area contributed by atoms with E-state index in [0.29, 0.717) is 10.6 Å². The molecule has 0 radical (unpaired) electrons. The molecule has 1 saturated carbocycles. The fourth-order valence-corrected chi connectivity index (χ4v) is 2.52. The molecule has 2 rings (SSSR count). The Hall–Kier alpha value is -1.63. The molecule has 0 spiro atoms. The number of likely N-dealkylation sites (N-methyl/N-ethyl adjacent to an activating group) is 1. The van der Waals surface area contributed by atoms with Gasteiger partial charge in [0.2, 0.25) is 5.91 Å². The first-order valence-electron chi connectivity index (χ1n) is 6.11. The highest BCUT2D eigenvalue weighted by atomic mass is 32.1. The van der Waals surface area contributed by atoms with Gasteiger partial charge in [0.1, 0.15) is 11.4 Å². The second-order valence-electron chi connectivity index (χ2n) is 4.90. The predicted octanol–water partition coefficient (Wildman–Crippen LogP) is 0.199. The largest absolute Gasteiger partial charge is 0.349 e. The molecule has 1 heterocycles. The summed E-state index contributed by atoms with van der Waals surface area (Å²) in [5.74, 6) is -0.379. The van der Waals surface area contributed by atoms with E-state index in [4.69, 9.17) is 0 Å². The number of hydrogen-bond donors (Lipinski definition) is 1. The fourth-order valence-electron chi connectivity index (χ4n) is 1.62. The van der Waals surface area contributed by atoms with Crippen LogP contribution in [0.3, 0.4) is 0 Å². The van der Waals surface area contributed by atoms with Gasteiger partial charge in [-0.2, -0.15) is 0 Å². The number of hydrogen-bond acceptors (Lipinski definition) is 4. The third-order valence-electron chi connectivity index (χ3n) is 3.05. The Labute approximate surface area is 115 Å². The van der Waals surface area contributed by atoms with Crippen LogP contribution in [0, 0.1) is 6.92 Å². The van der Waals surface area contributed by atoms with Gasteiger partial charge >= 0.3 is 4.87 Å². The maximum absolute atomic E-state index is 12.0. The van der Waals surface area contributed by atoms with Gasteiger partial charge in [-0.3, -0.25) is 19.0 Å². The Morgan fingerprint density at radius 3 is 2.58 bits per heavy atom. The zero-order valence-electron chi connectivity index (χ0n) is 11.2. The highest BCUT2D eigenvalue weighted by molar-refractivity contribution is 7.11. The van der Waals surface area contributed by atoms with Crippen molar-refractivity contribution in [2.45, 2.75) is 32.4 Å². The minimum Gasteiger partial charge on any atom is -0.349 e. The highest BCUT2D eigenvalue weighted by Crippen LogP contribution is 2.20. The minimum absolute atomic E-state index is 0.0229. The summed E-state index contributed by atoms with van der Waals surface area (Å²) >= 11 is 0.897. The van der Waals surface area contributed by atoms with E-state index in [1.54, 1.807) is 21.0 Å². The first-order chi connectivity index (χ1) is 8.90. The predicted molar refractivity (Wildman–Crippen MR) is 72.5 cm³/mol. The smallest absolute Gasteiger partial charge is 0.308 e. The Morgan fingerprint density at radius 1 is 1.42 bits per heavy atom. The second kappa shape index (κ2) is 5.16. The molecule has 19 heavy (non-hydrogen) atoms. The summed E-state index contributed by atoms with van der Waals surface area (Å²) in [4.78, 5) is 37.0. The SMILES string of the molecule is Cc1c(C(=O)NC2CC2)sc(=O)n1CC(=O)N(C)C. The van der Waals surface area contributed by atoms with Gasteiger partial charge in [-0.05, 0) is 19.8 Å². The van der Waals surface area contributed by atoms with Crippen LogP contribution in [0.2, 0.25) is 0 Å². The zero-order valence-corrected chi connectivity index (χ0v) is 12.0. The van der Waals surface area contributed by atoms with Crippen LogP contribution in [-0.4, -0.2) is 41.4 Å². The van der Waals surface area contributed by atoms with E-state index in [0.717, 1.165) is 24.2 Å². The van der Waals surface area contributed by atoms with Crippen molar-refractivity contribution >= 4 is 23.2 Å². The van der Waals surface area contributed by atoms with Gasteiger partial charge in [-0.15, -0.1) is 0 Å². The first kappa shape index (κ1) is 13.8. The van der Waals surface area contributed by atoms with Crippen LogP contribution >= 0.6 is 11.3 Å². The lowest BCUT2D eigenvalue weighted by atomic mass is 10.3. The minimum atomic E-state index is -0.270. The standard InChI is InChI=1S/C12H17N3O3S/c1-7-10(11(17)13-8-4-5-8)19-12(18)15(7)6-9(16)14(2)3/h8H,4-6H2,1-3H3,(H,13,17). The van der Waals surface area contributed by atoms with E-state index in [1.165, 1.54) is 9.47 Å². The maximum atomic E-state index is 12.0. The number of rotatable bonds is 4. The Kier molecular flexibility index (Phi) is 3.75.